The van der Waals surface area contributed by atoms with Crippen molar-refractivity contribution in [3.63, 3.8) is 0 Å². The molecule has 114 valence electrons. The number of hydrogen-bond acceptors (Lipinski definition) is 4. The highest BCUT2D eigenvalue weighted by molar-refractivity contribution is 5.17. The van der Waals surface area contributed by atoms with Gasteiger partial charge in [-0.1, -0.05) is 6.92 Å². The van der Waals surface area contributed by atoms with Gasteiger partial charge in [0.15, 0.2) is 0 Å². The number of imidazole rings is 1. The minimum atomic E-state index is 0.0340. The summed E-state index contributed by atoms with van der Waals surface area (Å²) in [6, 6.07) is 0.302. The van der Waals surface area contributed by atoms with Crippen molar-refractivity contribution < 1.29 is 4.74 Å². The molecule has 1 aliphatic rings. The summed E-state index contributed by atoms with van der Waals surface area (Å²) in [7, 11) is 3.98. The van der Waals surface area contributed by atoms with Gasteiger partial charge in [-0.25, -0.2) is 4.98 Å². The first kappa shape index (κ1) is 14.3. The predicted molar refractivity (Wildman–Crippen MR) is 79.7 cm³/mol. The second-order valence-corrected chi connectivity index (χ2v) is 5.59. The van der Waals surface area contributed by atoms with Crippen molar-refractivity contribution in [2.75, 3.05) is 6.61 Å². The molecule has 0 aliphatic carbocycles. The summed E-state index contributed by atoms with van der Waals surface area (Å²) in [5, 5.41) is 8.11. The highest BCUT2D eigenvalue weighted by atomic mass is 16.5. The summed E-state index contributed by atoms with van der Waals surface area (Å²) in [5.41, 5.74) is 2.43. The first-order valence-electron chi connectivity index (χ1n) is 7.52. The third-order valence-electron chi connectivity index (χ3n) is 4.09. The van der Waals surface area contributed by atoms with Crippen LogP contribution >= 0.6 is 0 Å². The lowest BCUT2D eigenvalue weighted by Crippen LogP contribution is -2.32. The molecule has 2 aromatic heterocycles. The molecule has 21 heavy (non-hydrogen) atoms. The number of nitrogens with zero attached hydrogens (tertiary/aromatic N) is 4. The van der Waals surface area contributed by atoms with Crippen molar-refractivity contribution in [1.29, 1.82) is 0 Å². The molecule has 0 spiro atoms. The third kappa shape index (κ3) is 2.87. The highest BCUT2D eigenvalue weighted by Gasteiger charge is 2.32. The maximum Gasteiger partial charge on any atom is 0.139 e. The van der Waals surface area contributed by atoms with E-state index in [0.717, 1.165) is 37.5 Å². The minimum absolute atomic E-state index is 0.0340. The van der Waals surface area contributed by atoms with E-state index in [1.807, 2.05) is 35.7 Å². The molecule has 0 radical (unpaired) electrons. The molecule has 2 atom stereocenters. The molecule has 6 nitrogen and oxygen atoms in total. The van der Waals surface area contributed by atoms with Gasteiger partial charge in [0.05, 0.1) is 5.69 Å². The Morgan fingerprint density at radius 2 is 2.29 bits per heavy atom. The lowest BCUT2D eigenvalue weighted by Gasteiger charge is -2.19. The quantitative estimate of drug-likeness (QED) is 0.902. The van der Waals surface area contributed by atoms with Crippen LogP contribution < -0.4 is 5.32 Å². The van der Waals surface area contributed by atoms with Gasteiger partial charge in [0.25, 0.3) is 0 Å². The van der Waals surface area contributed by atoms with E-state index in [9.17, 15) is 0 Å². The fourth-order valence-electron chi connectivity index (χ4n) is 2.97. The van der Waals surface area contributed by atoms with Crippen molar-refractivity contribution in [1.82, 2.24) is 24.6 Å². The van der Waals surface area contributed by atoms with E-state index in [-0.39, 0.29) is 6.10 Å². The Morgan fingerprint density at radius 3 is 3.00 bits per heavy atom. The second-order valence-electron chi connectivity index (χ2n) is 5.59. The molecule has 0 bridgehead atoms. The Kier molecular flexibility index (Phi) is 4.07. The first-order chi connectivity index (χ1) is 10.2. The van der Waals surface area contributed by atoms with Crippen LogP contribution in [0.2, 0.25) is 0 Å². The van der Waals surface area contributed by atoms with Gasteiger partial charge < -0.3 is 14.6 Å². The molecule has 3 heterocycles. The van der Waals surface area contributed by atoms with E-state index >= 15 is 0 Å². The van der Waals surface area contributed by atoms with Crippen LogP contribution in [-0.4, -0.2) is 32.0 Å². The van der Waals surface area contributed by atoms with Crippen LogP contribution in [0.25, 0.3) is 0 Å². The summed E-state index contributed by atoms with van der Waals surface area (Å²) >= 11 is 0. The number of aryl methyl sites for hydroxylation is 3. The largest absolute Gasteiger partial charge is 0.369 e. The van der Waals surface area contributed by atoms with Crippen LogP contribution in [0.4, 0.5) is 0 Å². The molecular formula is C15H23N5O. The molecule has 1 fully saturated rings. The summed E-state index contributed by atoms with van der Waals surface area (Å²) in [6.45, 7) is 3.75. The Morgan fingerprint density at radius 1 is 1.43 bits per heavy atom. The molecule has 1 aliphatic heterocycles. The maximum atomic E-state index is 5.87. The number of nitrogens with one attached hydrogen (secondary N) is 1. The van der Waals surface area contributed by atoms with Crippen LogP contribution in [0.15, 0.2) is 18.6 Å². The zero-order valence-corrected chi connectivity index (χ0v) is 12.9. The smallest absolute Gasteiger partial charge is 0.139 e. The molecule has 1 saturated heterocycles. The molecule has 0 unspecified atom stereocenters. The van der Waals surface area contributed by atoms with Crippen LogP contribution in [0.1, 0.15) is 36.5 Å². The molecule has 3 rings (SSSR count). The Bertz CT molecular complexity index is 603. The van der Waals surface area contributed by atoms with Crippen LogP contribution in [-0.2, 0) is 31.8 Å². The molecule has 1 N–H and O–H groups in total. The number of rotatable bonds is 5. The molecule has 0 amide bonds. The average Bonchev–Trinajstić information content (AvgIpc) is 3.15. The molecule has 0 aromatic carbocycles. The average molecular weight is 289 g/mol. The lowest BCUT2D eigenvalue weighted by molar-refractivity contribution is 0.0893. The van der Waals surface area contributed by atoms with E-state index in [1.54, 1.807) is 0 Å². The topological polar surface area (TPSA) is 56.9 Å². The van der Waals surface area contributed by atoms with Gasteiger partial charge in [-0.15, -0.1) is 0 Å². The van der Waals surface area contributed by atoms with Gasteiger partial charge in [0.2, 0.25) is 0 Å². The summed E-state index contributed by atoms with van der Waals surface area (Å²) in [5.74, 6) is 0.993. The molecule has 0 saturated carbocycles. The number of aromatic nitrogens is 4. The zero-order valence-electron chi connectivity index (χ0n) is 12.9. The maximum absolute atomic E-state index is 5.87. The van der Waals surface area contributed by atoms with Crippen LogP contribution in [0.3, 0.4) is 0 Å². The summed E-state index contributed by atoms with van der Waals surface area (Å²) < 4.78 is 9.79. The number of hydrogen-bond donors (Lipinski definition) is 1. The minimum Gasteiger partial charge on any atom is -0.369 e. The summed E-state index contributed by atoms with van der Waals surface area (Å²) in [4.78, 5) is 4.42. The van der Waals surface area contributed by atoms with Gasteiger partial charge in [0.1, 0.15) is 11.9 Å². The van der Waals surface area contributed by atoms with Crippen molar-refractivity contribution in [3.8, 4) is 0 Å². The standard InChI is InChI=1S/C15H23N5O/c1-4-12-11(10-20(3)18-12)9-17-13-5-8-21-14(13)15-16-6-7-19(15)2/h6-7,10,13-14,17H,4-5,8-9H2,1-3H3/t13-,14-/m0/s1. The van der Waals surface area contributed by atoms with Gasteiger partial charge in [-0.05, 0) is 12.8 Å². The van der Waals surface area contributed by atoms with Gasteiger partial charge in [-0.2, -0.15) is 5.10 Å². The molecular weight excluding hydrogens is 266 g/mol. The van der Waals surface area contributed by atoms with Gasteiger partial charge in [-0.3, -0.25) is 4.68 Å². The number of ether oxygens (including phenoxy) is 1. The fraction of sp³-hybridized carbons (Fsp3) is 0.600. The van der Waals surface area contributed by atoms with Gasteiger partial charge >= 0.3 is 0 Å². The second kappa shape index (κ2) is 5.99. The van der Waals surface area contributed by atoms with Crippen molar-refractivity contribution in [2.45, 2.75) is 38.5 Å². The predicted octanol–water partition coefficient (Wildman–Crippen LogP) is 1.34. The van der Waals surface area contributed by atoms with E-state index in [4.69, 9.17) is 4.74 Å². The van der Waals surface area contributed by atoms with E-state index in [2.05, 4.69) is 28.5 Å². The van der Waals surface area contributed by atoms with Crippen molar-refractivity contribution in [2.24, 2.45) is 14.1 Å². The highest BCUT2D eigenvalue weighted by Crippen LogP contribution is 2.28. The van der Waals surface area contributed by atoms with E-state index < -0.39 is 0 Å². The molecule has 6 heteroatoms. The van der Waals surface area contributed by atoms with E-state index in [0.29, 0.717) is 6.04 Å². The fourth-order valence-corrected chi connectivity index (χ4v) is 2.97. The van der Waals surface area contributed by atoms with Crippen LogP contribution in [0, 0.1) is 0 Å². The van der Waals surface area contributed by atoms with E-state index in [1.165, 1.54) is 5.56 Å². The van der Waals surface area contributed by atoms with Crippen molar-refractivity contribution >= 4 is 0 Å². The van der Waals surface area contributed by atoms with Crippen molar-refractivity contribution in [3.05, 3.63) is 35.7 Å². The Labute approximate surface area is 125 Å². The lowest BCUT2D eigenvalue weighted by atomic mass is 10.1. The monoisotopic (exact) mass is 289 g/mol. The normalized spacial score (nSPS) is 22.0. The Hall–Kier alpha value is -1.66. The van der Waals surface area contributed by atoms with Gasteiger partial charge in [0, 0.05) is 57.4 Å². The summed E-state index contributed by atoms with van der Waals surface area (Å²) in [6.07, 6.45) is 7.89. The SMILES string of the molecule is CCc1nn(C)cc1CN[C@H]1CCO[C@@H]1c1nccn1C. The first-order valence-corrected chi connectivity index (χ1v) is 7.52. The molecule has 2 aromatic rings. The third-order valence-corrected chi connectivity index (χ3v) is 4.09. The zero-order chi connectivity index (χ0) is 14.8. The van der Waals surface area contributed by atoms with Crippen LogP contribution in [0.5, 0.6) is 0 Å². The Balaban J connectivity index is 1.68.